The summed E-state index contributed by atoms with van der Waals surface area (Å²) in [4.78, 5) is 2.42. The molecule has 0 fully saturated rings. The fraction of sp³-hybridized carbons (Fsp3) is 0. The molecular weight excluding hydrogens is 695 g/mol. The minimum Gasteiger partial charge on any atom is -0.455 e. The van der Waals surface area contributed by atoms with Gasteiger partial charge in [-0.15, -0.1) is 22.7 Å². The number of anilines is 3. The fourth-order valence-corrected chi connectivity index (χ4v) is 10.8. The molecule has 3 aromatic heterocycles. The lowest BCUT2D eigenvalue weighted by atomic mass is 9.98. The predicted molar refractivity (Wildman–Crippen MR) is 235 cm³/mol. The summed E-state index contributed by atoms with van der Waals surface area (Å²) < 4.78 is 11.8. The van der Waals surface area contributed by atoms with Crippen molar-refractivity contribution in [2.24, 2.45) is 0 Å². The molecule has 0 spiro atoms. The van der Waals surface area contributed by atoms with E-state index in [-0.39, 0.29) is 0 Å². The van der Waals surface area contributed by atoms with Crippen LogP contribution in [0.25, 0.3) is 95.0 Å². The Morgan fingerprint density at radius 3 is 1.89 bits per heavy atom. The van der Waals surface area contributed by atoms with Crippen molar-refractivity contribution in [3.63, 3.8) is 0 Å². The van der Waals surface area contributed by atoms with Gasteiger partial charge in [0.05, 0.1) is 0 Å². The maximum atomic E-state index is 6.64. The number of furan rings is 1. The highest BCUT2D eigenvalue weighted by Gasteiger charge is 2.20. The van der Waals surface area contributed by atoms with Crippen molar-refractivity contribution in [3.8, 4) is 11.1 Å². The molecule has 12 rings (SSSR count). The summed E-state index contributed by atoms with van der Waals surface area (Å²) in [7, 11) is 0. The molecule has 12 aromatic rings. The molecule has 0 unspecified atom stereocenters. The van der Waals surface area contributed by atoms with Crippen LogP contribution in [0.4, 0.5) is 17.1 Å². The third-order valence-corrected chi connectivity index (χ3v) is 13.3. The highest BCUT2D eigenvalue weighted by atomic mass is 32.1. The van der Waals surface area contributed by atoms with E-state index < -0.39 is 0 Å². The molecule has 54 heavy (non-hydrogen) atoms. The van der Waals surface area contributed by atoms with Crippen molar-refractivity contribution in [2.45, 2.75) is 0 Å². The maximum absolute atomic E-state index is 6.64. The molecule has 252 valence electrons. The molecule has 0 radical (unpaired) electrons. The Hall–Kier alpha value is -6.46. The Labute approximate surface area is 318 Å². The molecule has 9 aromatic carbocycles. The first-order valence-corrected chi connectivity index (χ1v) is 19.9. The lowest BCUT2D eigenvalue weighted by Crippen LogP contribution is -2.09. The molecule has 0 N–H and O–H groups in total. The normalized spacial score (nSPS) is 12.1. The van der Waals surface area contributed by atoms with Gasteiger partial charge in [-0.2, -0.15) is 0 Å². The third kappa shape index (κ3) is 4.45. The molecule has 0 amide bonds. The van der Waals surface area contributed by atoms with Gasteiger partial charge in [-0.25, -0.2) is 0 Å². The minimum absolute atomic E-state index is 0.926. The van der Waals surface area contributed by atoms with E-state index in [1.165, 1.54) is 73.0 Å². The van der Waals surface area contributed by atoms with Crippen molar-refractivity contribution in [1.29, 1.82) is 0 Å². The summed E-state index contributed by atoms with van der Waals surface area (Å²) in [5.41, 5.74) is 7.70. The van der Waals surface area contributed by atoms with Crippen molar-refractivity contribution in [2.75, 3.05) is 4.90 Å². The Morgan fingerprint density at radius 1 is 0.370 bits per heavy atom. The van der Waals surface area contributed by atoms with Crippen LogP contribution in [0.15, 0.2) is 180 Å². The van der Waals surface area contributed by atoms with Crippen LogP contribution in [0, 0.1) is 0 Å². The van der Waals surface area contributed by atoms with Crippen molar-refractivity contribution in [1.82, 2.24) is 0 Å². The summed E-state index contributed by atoms with van der Waals surface area (Å²) in [6.07, 6.45) is 0. The molecule has 2 nitrogen and oxygen atoms in total. The number of thiophene rings is 2. The number of hydrogen-bond donors (Lipinski definition) is 0. The molecule has 0 aliphatic heterocycles. The van der Waals surface area contributed by atoms with Crippen LogP contribution in [0.5, 0.6) is 0 Å². The SMILES string of the molecule is c1ccc2c(-c3ccc(N(c4ccc5c(c4)sc4ccccc45)c4ccc5sc6ccc7oc8c9ccccc9ccc8c7c6c5c4)cc3)cccc2c1. The van der Waals surface area contributed by atoms with Crippen LogP contribution in [-0.4, -0.2) is 0 Å². The summed E-state index contributed by atoms with van der Waals surface area (Å²) in [5, 5.41) is 12.3. The van der Waals surface area contributed by atoms with Crippen LogP contribution >= 0.6 is 22.7 Å². The largest absolute Gasteiger partial charge is 0.455 e. The molecular formula is C50H29NOS2. The molecule has 0 saturated heterocycles. The fourth-order valence-electron chi connectivity index (χ4n) is 8.56. The average Bonchev–Trinajstić information content (AvgIpc) is 3.92. The lowest BCUT2D eigenvalue weighted by molar-refractivity contribution is 0.673. The zero-order chi connectivity index (χ0) is 35.3. The van der Waals surface area contributed by atoms with E-state index in [1.807, 2.05) is 22.7 Å². The summed E-state index contributed by atoms with van der Waals surface area (Å²) in [6.45, 7) is 0. The zero-order valence-corrected chi connectivity index (χ0v) is 30.5. The maximum Gasteiger partial charge on any atom is 0.143 e. The standard InChI is InChI=1S/C50H29NOS2/c1-3-11-36-30(8-1)10-7-14-37(36)32-16-19-33(20-17-32)51(35-21-24-40-39-13-5-6-15-44(39)54-47(40)29-35)34-22-26-45-42(28-34)49-46(53-45)27-25-43-48(49)41-23-18-31-9-2-4-12-38(31)50(41)52-43/h1-29H. The van der Waals surface area contributed by atoms with Crippen LogP contribution in [-0.2, 0) is 0 Å². The van der Waals surface area contributed by atoms with Gasteiger partial charge < -0.3 is 9.32 Å². The Balaban J connectivity index is 1.08. The quantitative estimate of drug-likeness (QED) is 0.180. The average molecular weight is 724 g/mol. The van der Waals surface area contributed by atoms with Crippen LogP contribution in [0.1, 0.15) is 0 Å². The van der Waals surface area contributed by atoms with Crippen LogP contribution in [0.3, 0.4) is 0 Å². The van der Waals surface area contributed by atoms with Gasteiger partial charge in [0.25, 0.3) is 0 Å². The van der Waals surface area contributed by atoms with E-state index >= 15 is 0 Å². The van der Waals surface area contributed by atoms with Gasteiger partial charge in [-0.05, 0) is 94.0 Å². The molecule has 0 atom stereocenters. The molecule has 0 saturated carbocycles. The lowest BCUT2D eigenvalue weighted by Gasteiger charge is -2.26. The van der Waals surface area contributed by atoms with Gasteiger partial charge in [0, 0.05) is 73.6 Å². The molecule has 0 bridgehead atoms. The van der Waals surface area contributed by atoms with Gasteiger partial charge in [0.2, 0.25) is 0 Å². The zero-order valence-electron chi connectivity index (χ0n) is 28.9. The third-order valence-electron chi connectivity index (χ3n) is 11.0. The minimum atomic E-state index is 0.926. The first kappa shape index (κ1) is 30.0. The Morgan fingerprint density at radius 2 is 1.00 bits per heavy atom. The monoisotopic (exact) mass is 723 g/mol. The number of benzene rings is 9. The van der Waals surface area contributed by atoms with Gasteiger partial charge in [-0.3, -0.25) is 0 Å². The van der Waals surface area contributed by atoms with Gasteiger partial charge in [0.15, 0.2) is 0 Å². The highest BCUT2D eigenvalue weighted by molar-refractivity contribution is 7.26. The van der Waals surface area contributed by atoms with Crippen LogP contribution < -0.4 is 4.90 Å². The second-order valence-corrected chi connectivity index (χ2v) is 16.2. The molecule has 4 heteroatoms. The van der Waals surface area contributed by atoms with Crippen molar-refractivity contribution in [3.05, 3.63) is 176 Å². The van der Waals surface area contributed by atoms with E-state index in [4.69, 9.17) is 4.42 Å². The second kappa shape index (κ2) is 11.5. The Kier molecular flexibility index (Phi) is 6.41. The first-order valence-electron chi connectivity index (χ1n) is 18.2. The van der Waals surface area contributed by atoms with E-state index in [2.05, 4.69) is 181 Å². The van der Waals surface area contributed by atoms with Gasteiger partial charge in [-0.1, -0.05) is 109 Å². The van der Waals surface area contributed by atoms with E-state index in [9.17, 15) is 0 Å². The number of rotatable bonds is 4. The smallest absolute Gasteiger partial charge is 0.143 e. The molecule has 0 aliphatic rings. The van der Waals surface area contributed by atoms with E-state index in [0.717, 1.165) is 39.0 Å². The van der Waals surface area contributed by atoms with Crippen molar-refractivity contribution >= 4 is 124 Å². The second-order valence-electron chi connectivity index (χ2n) is 14.0. The van der Waals surface area contributed by atoms with E-state index in [0.29, 0.717) is 0 Å². The first-order chi connectivity index (χ1) is 26.7. The molecule has 0 aliphatic carbocycles. The van der Waals surface area contributed by atoms with Gasteiger partial charge >= 0.3 is 0 Å². The number of nitrogens with zero attached hydrogens (tertiary/aromatic N) is 1. The van der Waals surface area contributed by atoms with E-state index in [1.54, 1.807) is 0 Å². The van der Waals surface area contributed by atoms with Gasteiger partial charge in [0.1, 0.15) is 11.2 Å². The number of hydrogen-bond acceptors (Lipinski definition) is 4. The van der Waals surface area contributed by atoms with Crippen molar-refractivity contribution < 1.29 is 4.42 Å². The Bertz CT molecular complexity index is 3450. The summed E-state index contributed by atoms with van der Waals surface area (Å²) in [6, 6.07) is 64.3. The summed E-state index contributed by atoms with van der Waals surface area (Å²) >= 11 is 3.71. The number of fused-ring (bicyclic) bond motifs is 13. The summed E-state index contributed by atoms with van der Waals surface area (Å²) in [5.74, 6) is 0. The topological polar surface area (TPSA) is 16.4 Å². The predicted octanol–water partition coefficient (Wildman–Crippen LogP) is 15.8. The highest BCUT2D eigenvalue weighted by Crippen LogP contribution is 2.47. The van der Waals surface area contributed by atoms with Crippen LogP contribution in [0.2, 0.25) is 0 Å². The molecule has 3 heterocycles.